The van der Waals surface area contributed by atoms with Crippen molar-refractivity contribution in [1.82, 2.24) is 15.1 Å². The first-order valence-corrected chi connectivity index (χ1v) is 10.6. The Labute approximate surface area is 186 Å². The third kappa shape index (κ3) is 5.71. The van der Waals surface area contributed by atoms with E-state index in [9.17, 15) is 41.0 Å². The molecule has 0 radical (unpaired) electrons. The molecule has 1 aromatic rings. The van der Waals surface area contributed by atoms with Crippen molar-refractivity contribution in [1.29, 1.82) is 0 Å². The van der Waals surface area contributed by atoms with Crippen LogP contribution in [0.3, 0.4) is 0 Å². The van der Waals surface area contributed by atoms with E-state index in [2.05, 4.69) is 5.32 Å². The van der Waals surface area contributed by atoms with Crippen LogP contribution in [0.4, 0.5) is 31.1 Å². The smallest absolute Gasteiger partial charge is 0.416 e. The molecule has 33 heavy (non-hydrogen) atoms. The number of carboxylic acid groups (broad SMARTS) is 1. The number of rotatable bonds is 5. The SMILES string of the molecule is CC[C@@H]1C[C@H](NCc2cc(C(F)(F)F)cc(C(F)(F)F)c2)CN1C(=O)N1CCC[C@@H]1C(=O)O. The van der Waals surface area contributed by atoms with E-state index in [4.69, 9.17) is 0 Å². The molecule has 12 heteroatoms. The number of carbonyl (C=O) groups excluding carboxylic acids is 1. The summed E-state index contributed by atoms with van der Waals surface area (Å²) in [4.78, 5) is 27.3. The summed E-state index contributed by atoms with van der Waals surface area (Å²) in [6.45, 7) is 2.13. The van der Waals surface area contributed by atoms with E-state index in [1.54, 1.807) is 4.90 Å². The monoisotopic (exact) mass is 481 g/mol. The molecule has 0 aliphatic carbocycles. The molecule has 0 aromatic heterocycles. The molecule has 2 saturated heterocycles. The first kappa shape index (κ1) is 25.1. The van der Waals surface area contributed by atoms with E-state index in [0.717, 1.165) is 0 Å². The Morgan fingerprint density at radius 1 is 1.06 bits per heavy atom. The number of halogens is 6. The van der Waals surface area contributed by atoms with Crippen molar-refractivity contribution < 1.29 is 41.0 Å². The molecule has 2 fully saturated rings. The molecule has 2 aliphatic rings. The van der Waals surface area contributed by atoms with Gasteiger partial charge in [-0.15, -0.1) is 0 Å². The molecular formula is C21H25F6N3O3. The Balaban J connectivity index is 1.71. The molecule has 0 unspecified atom stereocenters. The third-order valence-corrected chi connectivity index (χ3v) is 6.16. The molecule has 1 aromatic carbocycles. The van der Waals surface area contributed by atoms with Gasteiger partial charge in [0.25, 0.3) is 0 Å². The van der Waals surface area contributed by atoms with Crippen molar-refractivity contribution in [2.24, 2.45) is 0 Å². The van der Waals surface area contributed by atoms with Gasteiger partial charge in [-0.2, -0.15) is 26.3 Å². The van der Waals surface area contributed by atoms with Gasteiger partial charge in [-0.3, -0.25) is 0 Å². The maximum Gasteiger partial charge on any atom is 0.416 e. The molecule has 3 rings (SSSR count). The van der Waals surface area contributed by atoms with Gasteiger partial charge in [-0.25, -0.2) is 9.59 Å². The molecule has 0 saturated carbocycles. The zero-order valence-corrected chi connectivity index (χ0v) is 17.8. The topological polar surface area (TPSA) is 72.9 Å². The van der Waals surface area contributed by atoms with Gasteiger partial charge < -0.3 is 20.2 Å². The summed E-state index contributed by atoms with van der Waals surface area (Å²) in [5, 5.41) is 12.3. The molecule has 3 atom stereocenters. The lowest BCUT2D eigenvalue weighted by Crippen LogP contribution is -2.50. The van der Waals surface area contributed by atoms with Crippen LogP contribution in [-0.4, -0.2) is 58.1 Å². The number of nitrogens with zero attached hydrogens (tertiary/aromatic N) is 2. The maximum absolute atomic E-state index is 13.1. The highest BCUT2D eigenvalue weighted by atomic mass is 19.4. The first-order chi connectivity index (χ1) is 15.3. The summed E-state index contributed by atoms with van der Waals surface area (Å²) in [7, 11) is 0. The predicted molar refractivity (Wildman–Crippen MR) is 105 cm³/mol. The fourth-order valence-electron chi connectivity index (χ4n) is 4.49. The highest BCUT2D eigenvalue weighted by Crippen LogP contribution is 2.36. The van der Waals surface area contributed by atoms with Crippen LogP contribution in [0, 0.1) is 0 Å². The summed E-state index contributed by atoms with van der Waals surface area (Å²) in [5.74, 6) is -1.08. The summed E-state index contributed by atoms with van der Waals surface area (Å²) >= 11 is 0. The van der Waals surface area contributed by atoms with E-state index < -0.39 is 41.5 Å². The van der Waals surface area contributed by atoms with Crippen molar-refractivity contribution in [2.75, 3.05) is 13.1 Å². The van der Waals surface area contributed by atoms with Crippen LogP contribution in [-0.2, 0) is 23.7 Å². The van der Waals surface area contributed by atoms with Crippen molar-refractivity contribution in [3.05, 3.63) is 34.9 Å². The van der Waals surface area contributed by atoms with Gasteiger partial charge in [-0.1, -0.05) is 6.92 Å². The van der Waals surface area contributed by atoms with Gasteiger partial charge in [-0.05, 0) is 49.4 Å². The Morgan fingerprint density at radius 3 is 2.18 bits per heavy atom. The maximum atomic E-state index is 13.1. The predicted octanol–water partition coefficient (Wildman–Crippen LogP) is 4.34. The van der Waals surface area contributed by atoms with E-state index in [1.807, 2.05) is 6.92 Å². The lowest BCUT2D eigenvalue weighted by molar-refractivity contribution is -0.143. The lowest BCUT2D eigenvalue weighted by Gasteiger charge is -2.31. The van der Waals surface area contributed by atoms with E-state index >= 15 is 0 Å². The highest BCUT2D eigenvalue weighted by molar-refractivity contribution is 5.83. The molecule has 6 nitrogen and oxygen atoms in total. The average molecular weight is 481 g/mol. The fourth-order valence-corrected chi connectivity index (χ4v) is 4.49. The van der Waals surface area contributed by atoms with Crippen LogP contribution in [0.1, 0.15) is 49.3 Å². The highest BCUT2D eigenvalue weighted by Gasteiger charge is 2.42. The second kappa shape index (κ2) is 9.40. The minimum absolute atomic E-state index is 0.0848. The molecule has 2 amide bonds. The zero-order valence-electron chi connectivity index (χ0n) is 17.8. The Bertz CT molecular complexity index is 857. The van der Waals surface area contributed by atoms with Gasteiger partial charge in [0, 0.05) is 31.7 Å². The van der Waals surface area contributed by atoms with E-state index in [-0.39, 0.29) is 36.8 Å². The molecule has 2 aliphatic heterocycles. The number of carbonyl (C=O) groups is 2. The van der Waals surface area contributed by atoms with Crippen molar-refractivity contribution in [3.63, 3.8) is 0 Å². The van der Waals surface area contributed by atoms with E-state index in [0.29, 0.717) is 44.4 Å². The average Bonchev–Trinajstić information content (AvgIpc) is 3.37. The zero-order chi connectivity index (χ0) is 24.6. The Kier molecular flexibility index (Phi) is 7.15. The fraction of sp³-hybridized carbons (Fsp3) is 0.619. The van der Waals surface area contributed by atoms with Crippen LogP contribution in [0.25, 0.3) is 0 Å². The van der Waals surface area contributed by atoms with Crippen LogP contribution >= 0.6 is 0 Å². The van der Waals surface area contributed by atoms with Crippen LogP contribution in [0.2, 0.25) is 0 Å². The van der Waals surface area contributed by atoms with Gasteiger partial charge in [0.05, 0.1) is 11.1 Å². The summed E-state index contributed by atoms with van der Waals surface area (Å²) in [6.07, 6.45) is -7.86. The number of hydrogen-bond donors (Lipinski definition) is 2. The molecule has 0 spiro atoms. The Morgan fingerprint density at radius 2 is 1.67 bits per heavy atom. The minimum atomic E-state index is -4.92. The van der Waals surface area contributed by atoms with Gasteiger partial charge >= 0.3 is 24.4 Å². The number of alkyl halides is 6. The quantitative estimate of drug-likeness (QED) is 0.614. The number of aliphatic carboxylic acids is 1. The second-order valence-corrected chi connectivity index (χ2v) is 8.41. The number of amides is 2. The third-order valence-electron chi connectivity index (χ3n) is 6.16. The summed E-state index contributed by atoms with van der Waals surface area (Å²) < 4.78 is 78.4. The number of carboxylic acids is 1. The molecule has 2 heterocycles. The van der Waals surface area contributed by atoms with Crippen molar-refractivity contribution in [3.8, 4) is 0 Å². The lowest BCUT2D eigenvalue weighted by atomic mass is 10.0. The number of likely N-dealkylation sites (tertiary alicyclic amines) is 2. The number of urea groups is 1. The van der Waals surface area contributed by atoms with Gasteiger partial charge in [0.2, 0.25) is 0 Å². The van der Waals surface area contributed by atoms with Crippen LogP contribution < -0.4 is 5.32 Å². The molecular weight excluding hydrogens is 456 g/mol. The molecule has 2 N–H and O–H groups in total. The van der Waals surface area contributed by atoms with E-state index in [1.165, 1.54) is 4.90 Å². The summed E-state index contributed by atoms with van der Waals surface area (Å²) in [6, 6.07) is -0.423. The van der Waals surface area contributed by atoms with Crippen molar-refractivity contribution in [2.45, 2.75) is 69.6 Å². The second-order valence-electron chi connectivity index (χ2n) is 8.41. The standard InChI is InChI=1S/C21H25F6N3O3/c1-2-16-9-15(11-30(16)19(33)29-5-3-4-17(29)18(31)32)28-10-12-6-13(20(22,23)24)8-14(7-12)21(25,26)27/h6-8,15-17,28H,2-5,9-11H2,1H3,(H,31,32)/t15-,16+,17+/m0/s1. The van der Waals surface area contributed by atoms with Crippen LogP contribution in [0.15, 0.2) is 18.2 Å². The van der Waals surface area contributed by atoms with Crippen LogP contribution in [0.5, 0.6) is 0 Å². The molecule has 184 valence electrons. The normalized spacial score (nSPS) is 23.9. The number of benzene rings is 1. The van der Waals surface area contributed by atoms with Crippen molar-refractivity contribution >= 4 is 12.0 Å². The van der Waals surface area contributed by atoms with Gasteiger partial charge in [0.15, 0.2) is 0 Å². The minimum Gasteiger partial charge on any atom is -0.480 e. The number of hydrogen-bond acceptors (Lipinski definition) is 3. The molecule has 0 bridgehead atoms. The summed E-state index contributed by atoms with van der Waals surface area (Å²) in [5.41, 5.74) is -2.92. The Hall–Kier alpha value is -2.50. The van der Waals surface area contributed by atoms with Gasteiger partial charge in [0.1, 0.15) is 6.04 Å². The first-order valence-electron chi connectivity index (χ1n) is 10.6. The number of nitrogens with one attached hydrogen (secondary N) is 1. The largest absolute Gasteiger partial charge is 0.480 e.